The van der Waals surface area contributed by atoms with E-state index in [4.69, 9.17) is 0 Å². The van der Waals surface area contributed by atoms with Gasteiger partial charge in [-0.25, -0.2) is 4.98 Å². The first-order chi connectivity index (χ1) is 8.67. The number of aliphatic hydroxyl groups excluding tert-OH is 1. The third-order valence-electron chi connectivity index (χ3n) is 3.15. The molecular weight excluding hydrogens is 264 g/mol. The van der Waals surface area contributed by atoms with Crippen LogP contribution in [0.3, 0.4) is 0 Å². The van der Waals surface area contributed by atoms with Crippen molar-refractivity contribution in [3.8, 4) is 10.6 Å². The average Bonchev–Trinajstić information content (AvgIpc) is 3.06. The van der Waals surface area contributed by atoms with Crippen LogP contribution in [0.1, 0.15) is 26.0 Å². The van der Waals surface area contributed by atoms with Crippen LogP contribution in [0.5, 0.6) is 0 Å². The highest BCUT2D eigenvalue weighted by molar-refractivity contribution is 7.14. The van der Waals surface area contributed by atoms with Crippen LogP contribution < -0.4 is 5.32 Å². The zero-order valence-corrected chi connectivity index (χ0v) is 12.3. The molecule has 1 unspecified atom stereocenters. The molecule has 1 atom stereocenters. The molecule has 98 valence electrons. The van der Waals surface area contributed by atoms with Crippen LogP contribution in [0.4, 0.5) is 0 Å². The Bertz CT molecular complexity index is 475. The highest BCUT2D eigenvalue weighted by Crippen LogP contribution is 2.25. The molecule has 0 aromatic carbocycles. The second kappa shape index (κ2) is 5.93. The van der Waals surface area contributed by atoms with Crippen LogP contribution >= 0.6 is 22.7 Å². The Labute approximate surface area is 116 Å². The van der Waals surface area contributed by atoms with Crippen molar-refractivity contribution in [3.05, 3.63) is 27.9 Å². The van der Waals surface area contributed by atoms with E-state index < -0.39 is 0 Å². The lowest BCUT2D eigenvalue weighted by Gasteiger charge is -2.26. The number of nitrogens with zero attached hydrogens (tertiary/aromatic N) is 1. The number of nitrogens with one attached hydrogen (secondary N) is 1. The SMILES string of the molecule is CCC(C)(CO)NCc1csc(-c2ccsc2)n1. The van der Waals surface area contributed by atoms with Crippen LogP contribution in [-0.2, 0) is 6.54 Å². The molecule has 3 nitrogen and oxygen atoms in total. The first-order valence-electron chi connectivity index (χ1n) is 6.00. The predicted molar refractivity (Wildman–Crippen MR) is 78.0 cm³/mol. The molecule has 0 radical (unpaired) electrons. The normalized spacial score (nSPS) is 14.6. The summed E-state index contributed by atoms with van der Waals surface area (Å²) in [5, 5.41) is 20.0. The van der Waals surface area contributed by atoms with Gasteiger partial charge in [0.25, 0.3) is 0 Å². The Hall–Kier alpha value is -0.750. The Morgan fingerprint density at radius 3 is 2.89 bits per heavy atom. The molecule has 2 heterocycles. The Morgan fingerprint density at radius 1 is 1.44 bits per heavy atom. The first kappa shape index (κ1) is 13.7. The van der Waals surface area contributed by atoms with Crippen molar-refractivity contribution in [2.24, 2.45) is 0 Å². The minimum atomic E-state index is -0.216. The van der Waals surface area contributed by atoms with Gasteiger partial charge in [0.15, 0.2) is 0 Å². The largest absolute Gasteiger partial charge is 0.394 e. The van der Waals surface area contributed by atoms with Crippen LogP contribution in [0.2, 0.25) is 0 Å². The smallest absolute Gasteiger partial charge is 0.124 e. The Morgan fingerprint density at radius 2 is 2.28 bits per heavy atom. The number of hydrogen-bond acceptors (Lipinski definition) is 5. The van der Waals surface area contributed by atoms with Crippen LogP contribution in [0.25, 0.3) is 10.6 Å². The lowest BCUT2D eigenvalue weighted by molar-refractivity contribution is 0.168. The third-order valence-corrected chi connectivity index (χ3v) is 4.77. The van der Waals surface area contributed by atoms with Gasteiger partial charge in [0.2, 0.25) is 0 Å². The monoisotopic (exact) mass is 282 g/mol. The van der Waals surface area contributed by atoms with E-state index in [0.717, 1.165) is 17.1 Å². The van der Waals surface area contributed by atoms with Crippen molar-refractivity contribution in [1.82, 2.24) is 10.3 Å². The summed E-state index contributed by atoms with van der Waals surface area (Å²) < 4.78 is 0. The molecule has 5 heteroatoms. The highest BCUT2D eigenvalue weighted by atomic mass is 32.1. The van der Waals surface area contributed by atoms with Crippen molar-refractivity contribution in [2.45, 2.75) is 32.4 Å². The lowest BCUT2D eigenvalue weighted by Crippen LogP contribution is -2.44. The van der Waals surface area contributed by atoms with E-state index in [1.165, 1.54) is 5.56 Å². The van der Waals surface area contributed by atoms with Crippen molar-refractivity contribution in [2.75, 3.05) is 6.61 Å². The molecule has 0 aliphatic carbocycles. The van der Waals surface area contributed by atoms with E-state index in [1.807, 2.05) is 6.92 Å². The zero-order chi connectivity index (χ0) is 13.0. The van der Waals surface area contributed by atoms with Crippen molar-refractivity contribution >= 4 is 22.7 Å². The highest BCUT2D eigenvalue weighted by Gasteiger charge is 2.20. The fourth-order valence-corrected chi connectivity index (χ4v) is 3.04. The molecule has 2 aromatic rings. The van der Waals surface area contributed by atoms with Gasteiger partial charge in [0, 0.05) is 28.4 Å². The van der Waals surface area contributed by atoms with Crippen LogP contribution in [0, 0.1) is 0 Å². The van der Waals surface area contributed by atoms with Gasteiger partial charge in [0.05, 0.1) is 12.3 Å². The molecule has 2 aromatic heterocycles. The van der Waals surface area contributed by atoms with Gasteiger partial charge in [-0.15, -0.1) is 11.3 Å². The molecular formula is C13H18N2OS2. The molecule has 0 aliphatic rings. The molecule has 0 saturated heterocycles. The average molecular weight is 282 g/mol. The summed E-state index contributed by atoms with van der Waals surface area (Å²) in [6.07, 6.45) is 0.894. The van der Waals surface area contributed by atoms with E-state index in [1.54, 1.807) is 22.7 Å². The minimum absolute atomic E-state index is 0.144. The summed E-state index contributed by atoms with van der Waals surface area (Å²) in [6, 6.07) is 2.09. The van der Waals surface area contributed by atoms with Crippen molar-refractivity contribution < 1.29 is 5.11 Å². The van der Waals surface area contributed by atoms with Crippen LogP contribution in [0.15, 0.2) is 22.2 Å². The summed E-state index contributed by atoms with van der Waals surface area (Å²) in [5.41, 5.74) is 2.01. The maximum atomic E-state index is 9.34. The second-order valence-electron chi connectivity index (χ2n) is 4.58. The molecule has 0 aliphatic heterocycles. The number of aromatic nitrogens is 1. The number of rotatable bonds is 6. The summed E-state index contributed by atoms with van der Waals surface area (Å²) >= 11 is 3.35. The summed E-state index contributed by atoms with van der Waals surface area (Å²) in [4.78, 5) is 4.61. The topological polar surface area (TPSA) is 45.1 Å². The summed E-state index contributed by atoms with van der Waals surface area (Å²) in [7, 11) is 0. The number of thiazole rings is 1. The second-order valence-corrected chi connectivity index (χ2v) is 6.22. The maximum Gasteiger partial charge on any atom is 0.124 e. The van der Waals surface area contributed by atoms with E-state index in [9.17, 15) is 5.11 Å². The Balaban J connectivity index is 1.99. The maximum absolute atomic E-state index is 9.34. The molecule has 0 fully saturated rings. The van der Waals surface area contributed by atoms with Gasteiger partial charge in [-0.05, 0) is 24.8 Å². The van der Waals surface area contributed by atoms with E-state index in [2.05, 4.69) is 39.4 Å². The first-order valence-corrected chi connectivity index (χ1v) is 7.82. The van der Waals surface area contributed by atoms with Gasteiger partial charge in [-0.3, -0.25) is 0 Å². The molecule has 0 bridgehead atoms. The van der Waals surface area contributed by atoms with E-state index in [-0.39, 0.29) is 12.1 Å². The minimum Gasteiger partial charge on any atom is -0.394 e. The number of thiophene rings is 1. The van der Waals surface area contributed by atoms with E-state index in [0.29, 0.717) is 6.54 Å². The lowest BCUT2D eigenvalue weighted by atomic mass is 10.0. The quantitative estimate of drug-likeness (QED) is 0.855. The molecule has 2 N–H and O–H groups in total. The van der Waals surface area contributed by atoms with Gasteiger partial charge >= 0.3 is 0 Å². The van der Waals surface area contributed by atoms with Gasteiger partial charge in [0.1, 0.15) is 5.01 Å². The van der Waals surface area contributed by atoms with E-state index >= 15 is 0 Å². The number of hydrogen-bond donors (Lipinski definition) is 2. The molecule has 0 saturated carbocycles. The third kappa shape index (κ3) is 3.17. The van der Waals surface area contributed by atoms with Crippen molar-refractivity contribution in [3.63, 3.8) is 0 Å². The predicted octanol–water partition coefficient (Wildman–Crippen LogP) is 3.12. The summed E-state index contributed by atoms with van der Waals surface area (Å²) in [6.45, 7) is 4.94. The molecule has 2 rings (SSSR count). The fraction of sp³-hybridized carbons (Fsp3) is 0.462. The molecule has 0 amide bonds. The molecule has 18 heavy (non-hydrogen) atoms. The Kier molecular flexibility index (Phi) is 4.50. The van der Waals surface area contributed by atoms with Gasteiger partial charge in [-0.1, -0.05) is 6.92 Å². The van der Waals surface area contributed by atoms with Crippen LogP contribution in [-0.4, -0.2) is 22.2 Å². The zero-order valence-electron chi connectivity index (χ0n) is 10.6. The standard InChI is InChI=1S/C13H18N2OS2/c1-3-13(2,9-16)14-6-11-8-18-12(15-11)10-4-5-17-7-10/h4-5,7-8,14,16H,3,6,9H2,1-2H3. The summed E-state index contributed by atoms with van der Waals surface area (Å²) in [5.74, 6) is 0. The van der Waals surface area contributed by atoms with Crippen molar-refractivity contribution in [1.29, 1.82) is 0 Å². The van der Waals surface area contributed by atoms with Gasteiger partial charge < -0.3 is 10.4 Å². The fourth-order valence-electron chi connectivity index (χ4n) is 1.50. The molecule has 0 spiro atoms. The van der Waals surface area contributed by atoms with Gasteiger partial charge in [-0.2, -0.15) is 11.3 Å². The number of aliphatic hydroxyl groups is 1.